The summed E-state index contributed by atoms with van der Waals surface area (Å²) in [7, 11) is 0. The monoisotopic (exact) mass is 381 g/mol. The van der Waals surface area contributed by atoms with E-state index in [1.165, 1.54) is 18.2 Å². The average molecular weight is 382 g/mol. The van der Waals surface area contributed by atoms with Crippen molar-refractivity contribution in [3.63, 3.8) is 0 Å². The molecule has 1 fully saturated rings. The van der Waals surface area contributed by atoms with Gasteiger partial charge in [-0.25, -0.2) is 14.6 Å². The van der Waals surface area contributed by atoms with Gasteiger partial charge in [0.05, 0.1) is 23.0 Å². The van der Waals surface area contributed by atoms with Gasteiger partial charge in [0.25, 0.3) is 0 Å². The molecule has 0 radical (unpaired) electrons. The van der Waals surface area contributed by atoms with Crippen LogP contribution in [0.1, 0.15) is 25.3 Å². The highest BCUT2D eigenvalue weighted by molar-refractivity contribution is 8.00. The number of hydrogen-bond acceptors (Lipinski definition) is 5. The van der Waals surface area contributed by atoms with Gasteiger partial charge < -0.3 is 4.90 Å². The maximum Gasteiger partial charge on any atom is 0.232 e. The van der Waals surface area contributed by atoms with Crippen LogP contribution in [0.2, 0.25) is 0 Å². The molecule has 1 aromatic carbocycles. The number of rotatable bonds is 4. The first-order chi connectivity index (χ1) is 13.1. The molecule has 1 atom stereocenters. The van der Waals surface area contributed by atoms with Gasteiger partial charge in [-0.1, -0.05) is 36.9 Å². The van der Waals surface area contributed by atoms with E-state index in [4.69, 9.17) is 0 Å². The average Bonchev–Trinajstić information content (AvgIpc) is 3.11. The molecule has 0 bridgehead atoms. The lowest BCUT2D eigenvalue weighted by atomic mass is 10.0. The minimum atomic E-state index is 0.185. The first-order valence-electron chi connectivity index (χ1n) is 9.29. The zero-order valence-electron chi connectivity index (χ0n) is 15.6. The molecule has 3 aromatic rings. The van der Waals surface area contributed by atoms with Gasteiger partial charge in [-0.15, -0.1) is 0 Å². The minimum Gasteiger partial charge on any atom is -0.342 e. The van der Waals surface area contributed by atoms with Crippen LogP contribution in [0, 0.1) is 12.8 Å². The number of benzene rings is 1. The maximum absolute atomic E-state index is 12.6. The second kappa shape index (κ2) is 7.68. The van der Waals surface area contributed by atoms with Crippen LogP contribution in [0.3, 0.4) is 0 Å². The lowest BCUT2D eigenvalue weighted by molar-refractivity contribution is -0.130. The zero-order valence-corrected chi connectivity index (χ0v) is 16.4. The Balaban J connectivity index is 1.55. The fraction of sp³-hybridized carbons (Fsp3) is 0.400. The fourth-order valence-electron chi connectivity index (χ4n) is 3.55. The molecule has 2 aromatic heterocycles. The van der Waals surface area contributed by atoms with E-state index >= 15 is 0 Å². The molecule has 3 heterocycles. The molecular formula is C20H23N5OS. The van der Waals surface area contributed by atoms with E-state index in [9.17, 15) is 4.79 Å². The van der Waals surface area contributed by atoms with Crippen molar-refractivity contribution >= 4 is 28.7 Å². The summed E-state index contributed by atoms with van der Waals surface area (Å²) in [6.45, 7) is 6.00. The summed E-state index contributed by atoms with van der Waals surface area (Å²) < 4.78 is 1.84. The molecular weight excluding hydrogens is 358 g/mol. The molecule has 0 aliphatic carbocycles. The predicted octanol–water partition coefficient (Wildman–Crippen LogP) is 3.47. The summed E-state index contributed by atoms with van der Waals surface area (Å²) in [5.41, 5.74) is 2.89. The van der Waals surface area contributed by atoms with Gasteiger partial charge in [0.2, 0.25) is 5.91 Å². The van der Waals surface area contributed by atoms with Gasteiger partial charge in [-0.05, 0) is 37.3 Å². The fourth-order valence-corrected chi connectivity index (χ4v) is 4.42. The summed E-state index contributed by atoms with van der Waals surface area (Å²) in [6.07, 6.45) is 5.65. The number of fused-ring (bicyclic) bond motifs is 1. The molecule has 6 nitrogen and oxygen atoms in total. The molecule has 0 spiro atoms. The Bertz CT molecular complexity index is 970. The van der Waals surface area contributed by atoms with Gasteiger partial charge in [0.1, 0.15) is 11.4 Å². The van der Waals surface area contributed by atoms with E-state index in [0.717, 1.165) is 46.8 Å². The van der Waals surface area contributed by atoms with Gasteiger partial charge in [0.15, 0.2) is 5.65 Å². The van der Waals surface area contributed by atoms with E-state index in [-0.39, 0.29) is 5.91 Å². The number of aromatic nitrogens is 4. The van der Waals surface area contributed by atoms with Crippen LogP contribution in [0.25, 0.3) is 16.7 Å². The zero-order chi connectivity index (χ0) is 18.8. The van der Waals surface area contributed by atoms with E-state index in [1.54, 1.807) is 12.5 Å². The van der Waals surface area contributed by atoms with Gasteiger partial charge >= 0.3 is 0 Å². The number of piperidine rings is 1. The van der Waals surface area contributed by atoms with Crippen molar-refractivity contribution in [2.24, 2.45) is 5.92 Å². The molecule has 140 valence electrons. The highest BCUT2D eigenvalue weighted by Gasteiger charge is 2.21. The third-order valence-electron chi connectivity index (χ3n) is 5.01. The molecule has 7 heteroatoms. The topological polar surface area (TPSA) is 63.9 Å². The minimum absolute atomic E-state index is 0.185. The summed E-state index contributed by atoms with van der Waals surface area (Å²) >= 11 is 1.47. The van der Waals surface area contributed by atoms with E-state index in [0.29, 0.717) is 11.7 Å². The van der Waals surface area contributed by atoms with Crippen LogP contribution in [-0.2, 0) is 4.79 Å². The Hall–Kier alpha value is -2.41. The lowest BCUT2D eigenvalue weighted by Gasteiger charge is -2.30. The molecule has 27 heavy (non-hydrogen) atoms. The molecule has 1 aliphatic heterocycles. The number of carbonyl (C=O) groups excluding carboxylic acids is 1. The number of nitrogens with zero attached hydrogens (tertiary/aromatic N) is 5. The Labute approximate surface area is 163 Å². The van der Waals surface area contributed by atoms with Crippen molar-refractivity contribution < 1.29 is 4.79 Å². The second-order valence-corrected chi connectivity index (χ2v) is 8.10. The number of amides is 1. The van der Waals surface area contributed by atoms with Crippen LogP contribution >= 0.6 is 11.8 Å². The molecule has 1 aliphatic rings. The highest BCUT2D eigenvalue weighted by Crippen LogP contribution is 2.27. The Morgan fingerprint density at radius 2 is 2.15 bits per heavy atom. The van der Waals surface area contributed by atoms with Crippen LogP contribution < -0.4 is 0 Å². The quantitative estimate of drug-likeness (QED) is 0.511. The lowest BCUT2D eigenvalue weighted by Crippen LogP contribution is -2.40. The number of carbonyl (C=O) groups is 1. The first-order valence-corrected chi connectivity index (χ1v) is 10.3. The van der Waals surface area contributed by atoms with Crippen LogP contribution in [0.4, 0.5) is 0 Å². The standard InChI is InChI=1S/C20H23N5OS/c1-14-6-5-9-24(11-14)18(26)12-27-20-16-10-23-25(19(16)21-13-22-20)17-8-4-3-7-15(17)2/h3-4,7-8,10,13-14H,5-6,9,11-12H2,1-2H3. The Morgan fingerprint density at radius 1 is 1.30 bits per heavy atom. The SMILES string of the molecule is Cc1ccccc1-n1ncc2c(SCC(=O)N3CCCC(C)C3)ncnc21. The third-order valence-corrected chi connectivity index (χ3v) is 6.01. The molecule has 0 N–H and O–H groups in total. The Morgan fingerprint density at radius 3 is 2.96 bits per heavy atom. The molecule has 4 rings (SSSR count). The number of aryl methyl sites for hydroxylation is 1. The van der Waals surface area contributed by atoms with E-state index in [2.05, 4.69) is 35.0 Å². The smallest absolute Gasteiger partial charge is 0.232 e. The van der Waals surface area contributed by atoms with E-state index < -0.39 is 0 Å². The van der Waals surface area contributed by atoms with Crippen molar-refractivity contribution in [2.75, 3.05) is 18.8 Å². The molecule has 1 unspecified atom stereocenters. The van der Waals surface area contributed by atoms with Crippen molar-refractivity contribution in [3.8, 4) is 5.69 Å². The van der Waals surface area contributed by atoms with Gasteiger partial charge in [-0.2, -0.15) is 5.10 Å². The Kier molecular flexibility index (Phi) is 5.11. The summed E-state index contributed by atoms with van der Waals surface area (Å²) in [4.78, 5) is 23.4. The molecule has 1 saturated heterocycles. The molecule has 1 amide bonds. The van der Waals surface area contributed by atoms with Crippen molar-refractivity contribution in [3.05, 3.63) is 42.4 Å². The second-order valence-electron chi connectivity index (χ2n) is 7.13. The van der Waals surface area contributed by atoms with Crippen molar-refractivity contribution in [1.82, 2.24) is 24.6 Å². The summed E-state index contributed by atoms with van der Waals surface area (Å²) in [5.74, 6) is 1.17. The van der Waals surface area contributed by atoms with E-state index in [1.807, 2.05) is 27.8 Å². The number of likely N-dealkylation sites (tertiary alicyclic amines) is 1. The van der Waals surface area contributed by atoms with Crippen molar-refractivity contribution in [1.29, 1.82) is 0 Å². The largest absolute Gasteiger partial charge is 0.342 e. The highest BCUT2D eigenvalue weighted by atomic mass is 32.2. The van der Waals surface area contributed by atoms with Crippen molar-refractivity contribution in [2.45, 2.75) is 31.7 Å². The van der Waals surface area contributed by atoms with Crippen LogP contribution in [-0.4, -0.2) is 49.4 Å². The van der Waals surface area contributed by atoms with Crippen LogP contribution in [0.15, 0.2) is 41.8 Å². The number of hydrogen-bond donors (Lipinski definition) is 0. The van der Waals surface area contributed by atoms with Gasteiger partial charge in [-0.3, -0.25) is 4.79 Å². The summed E-state index contributed by atoms with van der Waals surface area (Å²) in [5, 5.41) is 6.20. The normalized spacial score (nSPS) is 17.4. The van der Waals surface area contributed by atoms with Crippen LogP contribution in [0.5, 0.6) is 0 Å². The maximum atomic E-state index is 12.6. The first kappa shape index (κ1) is 18.0. The predicted molar refractivity (Wildman–Crippen MR) is 107 cm³/mol. The third kappa shape index (κ3) is 3.69. The number of para-hydroxylation sites is 1. The summed E-state index contributed by atoms with van der Waals surface area (Å²) in [6, 6.07) is 8.08. The number of thioether (sulfide) groups is 1. The molecule has 0 saturated carbocycles. The van der Waals surface area contributed by atoms with Gasteiger partial charge in [0, 0.05) is 13.1 Å².